The van der Waals surface area contributed by atoms with E-state index >= 15 is 0 Å². The van der Waals surface area contributed by atoms with E-state index in [1.165, 1.54) is 7.11 Å². The van der Waals surface area contributed by atoms with Gasteiger partial charge in [-0.1, -0.05) is 57.6 Å². The zero-order chi connectivity index (χ0) is 32.7. The molecule has 2 fully saturated rings. The van der Waals surface area contributed by atoms with Gasteiger partial charge in [-0.25, -0.2) is 4.79 Å². The van der Waals surface area contributed by atoms with Crippen LogP contribution in [0.1, 0.15) is 47.5 Å². The molecule has 2 aliphatic heterocycles. The van der Waals surface area contributed by atoms with Gasteiger partial charge in [0.2, 0.25) is 5.91 Å². The summed E-state index contributed by atoms with van der Waals surface area (Å²) in [7, 11) is 3.16. The second-order valence-electron chi connectivity index (χ2n) is 11.4. The molecule has 10 nitrogen and oxygen atoms in total. The van der Waals surface area contributed by atoms with Crippen LogP contribution in [0.2, 0.25) is 20.1 Å². The van der Waals surface area contributed by atoms with E-state index in [1.807, 2.05) is 17.0 Å². The molecule has 2 aromatic carbocycles. The fourth-order valence-corrected chi connectivity index (χ4v) is 6.86. The number of rotatable bonds is 12. The number of amides is 4. The van der Waals surface area contributed by atoms with Crippen molar-refractivity contribution in [2.75, 3.05) is 60.0 Å². The number of primary amides is 1. The van der Waals surface area contributed by atoms with E-state index in [9.17, 15) is 14.4 Å². The smallest absolute Gasteiger partial charge is 0.320 e. The van der Waals surface area contributed by atoms with Crippen LogP contribution in [0.15, 0.2) is 41.6 Å². The van der Waals surface area contributed by atoms with Gasteiger partial charge in [0.05, 0.1) is 22.3 Å². The zero-order valence-electron chi connectivity index (χ0n) is 25.4. The molecule has 1 atom stereocenters. The van der Waals surface area contributed by atoms with Gasteiger partial charge in [0.25, 0.3) is 5.91 Å². The number of benzene rings is 2. The van der Waals surface area contributed by atoms with E-state index in [0.29, 0.717) is 50.9 Å². The van der Waals surface area contributed by atoms with Crippen LogP contribution < -0.4 is 5.73 Å². The standard InChI is InChI=1S/C31H38Cl4N6O4/c1-38(30(43)21-14-22(32)17-23(33)15-21)18-28(37-45-2)25(20-4-5-26(34)27(35)16-20)8-13-39-11-6-24(7-12-39)41-10-3-9-40(31(41)44)19-29(36)42/h4-5,14-17,24-25H,3,6-13,18-19H2,1-2H3,(H2,36,42)/b37-28-/t25-/m1/s1. The number of urea groups is 1. The molecule has 0 saturated carbocycles. The van der Waals surface area contributed by atoms with E-state index in [2.05, 4.69) is 10.1 Å². The summed E-state index contributed by atoms with van der Waals surface area (Å²) < 4.78 is 0. The van der Waals surface area contributed by atoms with Gasteiger partial charge in [-0.2, -0.15) is 0 Å². The maximum absolute atomic E-state index is 13.3. The molecule has 0 unspecified atom stereocenters. The molecule has 4 amide bonds. The number of hydrogen-bond acceptors (Lipinski definition) is 6. The first kappa shape index (κ1) is 35.1. The minimum absolute atomic E-state index is 0.0523. The lowest BCUT2D eigenvalue weighted by Gasteiger charge is -2.43. The summed E-state index contributed by atoms with van der Waals surface area (Å²) in [5.74, 6) is -1.00. The predicted octanol–water partition coefficient (Wildman–Crippen LogP) is 5.63. The van der Waals surface area contributed by atoms with Crippen LogP contribution in [0.3, 0.4) is 0 Å². The molecule has 2 saturated heterocycles. The average Bonchev–Trinajstić information content (AvgIpc) is 2.99. The minimum atomic E-state index is -0.502. The fourth-order valence-electron chi connectivity index (χ4n) is 6.03. The van der Waals surface area contributed by atoms with E-state index in [-0.39, 0.29) is 37.0 Å². The highest BCUT2D eigenvalue weighted by Crippen LogP contribution is 2.31. The average molecular weight is 700 g/mol. The van der Waals surface area contributed by atoms with Crippen molar-refractivity contribution < 1.29 is 19.2 Å². The quantitative estimate of drug-likeness (QED) is 0.228. The molecule has 4 rings (SSSR count). The number of carbonyl (C=O) groups excluding carboxylic acids is 3. The van der Waals surface area contributed by atoms with Crippen LogP contribution in [0.4, 0.5) is 4.79 Å². The maximum Gasteiger partial charge on any atom is 0.320 e. The molecule has 2 heterocycles. The topological polar surface area (TPSA) is 112 Å². The molecule has 244 valence electrons. The normalized spacial score (nSPS) is 17.4. The summed E-state index contributed by atoms with van der Waals surface area (Å²) in [5, 5.41) is 5.98. The van der Waals surface area contributed by atoms with Crippen LogP contribution in [0, 0.1) is 0 Å². The van der Waals surface area contributed by atoms with Crippen molar-refractivity contribution >= 4 is 70.0 Å². The van der Waals surface area contributed by atoms with E-state index in [1.54, 1.807) is 41.1 Å². The van der Waals surface area contributed by atoms with Crippen molar-refractivity contribution in [3.05, 3.63) is 67.6 Å². The Morgan fingerprint density at radius 1 is 1.02 bits per heavy atom. The van der Waals surface area contributed by atoms with Crippen LogP contribution in [0.5, 0.6) is 0 Å². The first-order chi connectivity index (χ1) is 21.5. The van der Waals surface area contributed by atoms with Crippen molar-refractivity contribution in [3.8, 4) is 0 Å². The third-order valence-electron chi connectivity index (χ3n) is 8.23. The van der Waals surface area contributed by atoms with E-state index in [4.69, 9.17) is 57.0 Å². The van der Waals surface area contributed by atoms with Gasteiger partial charge >= 0.3 is 6.03 Å². The lowest BCUT2D eigenvalue weighted by molar-refractivity contribution is -0.119. The van der Waals surface area contributed by atoms with Crippen molar-refractivity contribution in [1.29, 1.82) is 0 Å². The van der Waals surface area contributed by atoms with Gasteiger partial charge in [-0.15, -0.1) is 0 Å². The Hall–Kier alpha value is -2.76. The summed E-state index contributed by atoms with van der Waals surface area (Å²) in [5.41, 5.74) is 7.25. The highest BCUT2D eigenvalue weighted by molar-refractivity contribution is 6.42. The number of likely N-dealkylation sites (tertiary alicyclic amines) is 1. The Morgan fingerprint density at radius 2 is 1.71 bits per heavy atom. The van der Waals surface area contributed by atoms with Crippen LogP contribution >= 0.6 is 46.4 Å². The Kier molecular flexibility index (Phi) is 12.6. The van der Waals surface area contributed by atoms with E-state index in [0.717, 1.165) is 44.5 Å². The van der Waals surface area contributed by atoms with Gasteiger partial charge in [-0.3, -0.25) is 9.59 Å². The number of nitrogens with two attached hydrogens (primary N) is 1. The van der Waals surface area contributed by atoms with Crippen molar-refractivity contribution in [3.63, 3.8) is 0 Å². The highest BCUT2D eigenvalue weighted by Gasteiger charge is 2.34. The molecule has 14 heteroatoms. The lowest BCUT2D eigenvalue weighted by atomic mass is 9.89. The first-order valence-electron chi connectivity index (χ1n) is 14.8. The maximum atomic E-state index is 13.3. The van der Waals surface area contributed by atoms with Crippen LogP contribution in [-0.2, 0) is 9.63 Å². The zero-order valence-corrected chi connectivity index (χ0v) is 28.4. The number of oxime groups is 1. The summed E-state index contributed by atoms with van der Waals surface area (Å²) in [4.78, 5) is 50.4. The molecule has 45 heavy (non-hydrogen) atoms. The minimum Gasteiger partial charge on any atom is -0.399 e. The number of nitrogens with zero attached hydrogens (tertiary/aromatic N) is 5. The molecular formula is C31H38Cl4N6O4. The molecule has 0 radical (unpaired) electrons. The SMILES string of the molecule is CO/N=C(/CN(C)C(=O)c1cc(Cl)cc(Cl)c1)[C@H](CCN1CCC(N2CCCN(CC(N)=O)C2=O)CC1)c1ccc(Cl)c(Cl)c1. The third-order valence-corrected chi connectivity index (χ3v) is 9.41. The molecule has 0 aromatic heterocycles. The molecule has 0 spiro atoms. The third kappa shape index (κ3) is 9.39. The van der Waals surface area contributed by atoms with Crippen molar-refractivity contribution in [2.45, 2.75) is 37.6 Å². The summed E-state index contributed by atoms with van der Waals surface area (Å²) >= 11 is 25.0. The molecule has 0 aliphatic carbocycles. The monoisotopic (exact) mass is 698 g/mol. The highest BCUT2D eigenvalue weighted by atomic mass is 35.5. The molecular weight excluding hydrogens is 662 g/mol. The molecule has 0 bridgehead atoms. The van der Waals surface area contributed by atoms with Gasteiger partial charge in [-0.05, 0) is 68.1 Å². The number of carbonyl (C=O) groups is 3. The van der Waals surface area contributed by atoms with Gasteiger partial charge < -0.3 is 30.2 Å². The van der Waals surface area contributed by atoms with Gasteiger partial charge in [0.15, 0.2) is 0 Å². The molecule has 2 aromatic rings. The first-order valence-corrected chi connectivity index (χ1v) is 16.3. The number of halogens is 4. The Balaban J connectivity index is 1.45. The lowest BCUT2D eigenvalue weighted by Crippen LogP contribution is -2.57. The molecule has 2 N–H and O–H groups in total. The van der Waals surface area contributed by atoms with Crippen LogP contribution in [0.25, 0.3) is 0 Å². The Labute approximate surface area is 283 Å². The number of piperidine rings is 1. The van der Waals surface area contributed by atoms with Crippen molar-refractivity contribution in [2.24, 2.45) is 10.9 Å². The molecule has 2 aliphatic rings. The Morgan fingerprint density at radius 3 is 2.33 bits per heavy atom. The van der Waals surface area contributed by atoms with Crippen LogP contribution in [-0.4, -0.2) is 109 Å². The second-order valence-corrected chi connectivity index (χ2v) is 13.1. The predicted molar refractivity (Wildman–Crippen MR) is 179 cm³/mol. The van der Waals surface area contributed by atoms with Gasteiger partial charge in [0, 0.05) is 60.8 Å². The summed E-state index contributed by atoms with van der Waals surface area (Å²) in [6.07, 6.45) is 3.14. The summed E-state index contributed by atoms with van der Waals surface area (Å²) in [6, 6.07) is 10.2. The number of hydrogen-bond donors (Lipinski definition) is 1. The second kappa shape index (κ2) is 16.2. The summed E-state index contributed by atoms with van der Waals surface area (Å²) in [6.45, 7) is 3.72. The van der Waals surface area contributed by atoms with E-state index < -0.39 is 5.91 Å². The Bertz CT molecular complexity index is 1400. The largest absolute Gasteiger partial charge is 0.399 e. The van der Waals surface area contributed by atoms with Crippen molar-refractivity contribution in [1.82, 2.24) is 19.6 Å². The van der Waals surface area contributed by atoms with Gasteiger partial charge in [0.1, 0.15) is 13.7 Å². The fraction of sp³-hybridized carbons (Fsp3) is 0.484.